The molecule has 0 radical (unpaired) electrons. The van der Waals surface area contributed by atoms with Crippen molar-refractivity contribution in [1.82, 2.24) is 19.2 Å². The Morgan fingerprint density at radius 2 is 1.92 bits per heavy atom. The fourth-order valence-corrected chi connectivity index (χ4v) is 6.90. The number of halogens is 1. The lowest BCUT2D eigenvalue weighted by molar-refractivity contribution is -0.00161. The quantitative estimate of drug-likeness (QED) is 0.548. The van der Waals surface area contributed by atoms with Crippen molar-refractivity contribution in [2.24, 2.45) is 5.92 Å². The molecule has 1 saturated heterocycles. The smallest absolute Gasteiger partial charge is 0.279 e. The molecule has 0 spiro atoms. The summed E-state index contributed by atoms with van der Waals surface area (Å²) in [5.74, 6) is 1.39. The van der Waals surface area contributed by atoms with Crippen molar-refractivity contribution in [3.8, 4) is 0 Å². The van der Waals surface area contributed by atoms with Crippen LogP contribution in [0.2, 0.25) is 0 Å². The molecule has 0 unspecified atom stereocenters. The van der Waals surface area contributed by atoms with Crippen molar-refractivity contribution in [2.75, 3.05) is 31.6 Å². The van der Waals surface area contributed by atoms with E-state index < -0.39 is 10.2 Å². The minimum absolute atomic E-state index is 0.106. The highest BCUT2D eigenvalue weighted by Crippen LogP contribution is 2.36. The van der Waals surface area contributed by atoms with Gasteiger partial charge < -0.3 is 9.64 Å². The zero-order valence-corrected chi connectivity index (χ0v) is 21.6. The highest BCUT2D eigenvalue weighted by molar-refractivity contribution is 7.87. The van der Waals surface area contributed by atoms with Crippen LogP contribution in [0.1, 0.15) is 56.4 Å². The molecule has 2 saturated carbocycles. The average Bonchev–Trinajstić information content (AvgIpc) is 3.74. The van der Waals surface area contributed by atoms with Crippen LogP contribution >= 0.6 is 0 Å². The molecule has 10 heteroatoms. The molecule has 0 amide bonds. The van der Waals surface area contributed by atoms with E-state index in [4.69, 9.17) is 4.74 Å². The molecule has 196 valence electrons. The normalized spacial score (nSPS) is 27.4. The van der Waals surface area contributed by atoms with E-state index in [0.717, 1.165) is 49.9 Å². The second-order valence-electron chi connectivity index (χ2n) is 10.4. The number of nitrogens with one attached hydrogen (secondary N) is 1. The third kappa shape index (κ3) is 6.22. The molecule has 1 aromatic heterocycles. The monoisotopic (exact) mass is 517 g/mol. The summed E-state index contributed by atoms with van der Waals surface area (Å²) in [6.45, 7) is 1.82. The fourth-order valence-electron chi connectivity index (χ4n) is 5.48. The SMILES string of the molecule is CN(C1CC1)S(=O)(=O)N[C@H]1CCN(c2cccnn2)C[C@H]1OCC1CCC(c2cccc(F)c2)CC1. The van der Waals surface area contributed by atoms with Crippen molar-refractivity contribution in [1.29, 1.82) is 0 Å². The van der Waals surface area contributed by atoms with E-state index in [9.17, 15) is 12.8 Å². The van der Waals surface area contributed by atoms with E-state index >= 15 is 0 Å². The molecular weight excluding hydrogens is 481 g/mol. The summed E-state index contributed by atoms with van der Waals surface area (Å²) in [6.07, 6.45) is 7.88. The summed E-state index contributed by atoms with van der Waals surface area (Å²) in [4.78, 5) is 2.12. The molecule has 1 aliphatic heterocycles. The van der Waals surface area contributed by atoms with E-state index in [0.29, 0.717) is 38.0 Å². The number of hydrogen-bond donors (Lipinski definition) is 1. The molecule has 0 bridgehead atoms. The number of ether oxygens (including phenoxy) is 1. The molecule has 36 heavy (non-hydrogen) atoms. The minimum atomic E-state index is -3.57. The van der Waals surface area contributed by atoms with Gasteiger partial charge in [-0.1, -0.05) is 12.1 Å². The standard InChI is InChI=1S/C26H36FN5O3S/c1-31(23-11-12-23)36(33,34)30-24-13-15-32(26-6-3-14-28-29-26)17-25(24)35-18-19-7-9-20(10-8-19)21-4-2-5-22(27)16-21/h2-6,14,16,19-20,23-25,30H,7-13,15,17-18H2,1H3/t19?,20?,24-,25+/m0/s1. The first kappa shape index (κ1) is 25.5. The number of rotatable bonds is 9. The van der Waals surface area contributed by atoms with Crippen LogP contribution in [0.25, 0.3) is 0 Å². The summed E-state index contributed by atoms with van der Waals surface area (Å²) in [5, 5.41) is 8.23. The topological polar surface area (TPSA) is 87.7 Å². The highest BCUT2D eigenvalue weighted by Gasteiger charge is 2.39. The van der Waals surface area contributed by atoms with E-state index in [1.807, 2.05) is 18.2 Å². The summed E-state index contributed by atoms with van der Waals surface area (Å²) >= 11 is 0. The van der Waals surface area contributed by atoms with Gasteiger partial charge in [0.2, 0.25) is 0 Å². The fraction of sp³-hybridized carbons (Fsp3) is 0.615. The molecule has 8 nitrogen and oxygen atoms in total. The molecule has 1 N–H and O–H groups in total. The van der Waals surface area contributed by atoms with Gasteiger partial charge in [-0.25, -0.2) is 4.39 Å². The van der Waals surface area contributed by atoms with Gasteiger partial charge in [-0.15, -0.1) is 5.10 Å². The number of nitrogens with zero attached hydrogens (tertiary/aromatic N) is 4. The molecule has 3 fully saturated rings. The van der Waals surface area contributed by atoms with Crippen LogP contribution in [0.15, 0.2) is 42.6 Å². The van der Waals surface area contributed by atoms with Crippen LogP contribution in [-0.4, -0.2) is 67.9 Å². The number of piperidine rings is 1. The maximum atomic E-state index is 13.6. The van der Waals surface area contributed by atoms with Crippen LogP contribution in [-0.2, 0) is 14.9 Å². The molecule has 2 aromatic rings. The first-order chi connectivity index (χ1) is 17.4. The summed E-state index contributed by atoms with van der Waals surface area (Å²) in [6, 6.07) is 10.5. The number of aromatic nitrogens is 2. The van der Waals surface area contributed by atoms with E-state index in [1.165, 1.54) is 10.4 Å². The zero-order chi connectivity index (χ0) is 25.1. The van der Waals surface area contributed by atoms with Crippen LogP contribution < -0.4 is 9.62 Å². The van der Waals surface area contributed by atoms with Crippen molar-refractivity contribution >= 4 is 16.0 Å². The van der Waals surface area contributed by atoms with Crippen LogP contribution in [0.4, 0.5) is 10.2 Å². The predicted octanol–water partition coefficient (Wildman–Crippen LogP) is 3.48. The molecule has 3 aliphatic rings. The average molecular weight is 518 g/mol. The van der Waals surface area contributed by atoms with Crippen molar-refractivity contribution < 1.29 is 17.5 Å². The van der Waals surface area contributed by atoms with Gasteiger partial charge in [-0.05, 0) is 86.6 Å². The molecule has 2 atom stereocenters. The predicted molar refractivity (Wildman–Crippen MR) is 136 cm³/mol. The Hall–Kier alpha value is -2.14. The maximum Gasteiger partial charge on any atom is 0.279 e. The van der Waals surface area contributed by atoms with Gasteiger partial charge in [-0.2, -0.15) is 22.5 Å². The van der Waals surface area contributed by atoms with Crippen molar-refractivity contribution in [2.45, 2.75) is 69.1 Å². The Bertz CT molecular complexity index is 1110. The zero-order valence-electron chi connectivity index (χ0n) is 20.8. The second-order valence-corrected chi connectivity index (χ2v) is 12.2. The highest BCUT2D eigenvalue weighted by atomic mass is 32.2. The van der Waals surface area contributed by atoms with Gasteiger partial charge in [0.15, 0.2) is 5.82 Å². The van der Waals surface area contributed by atoms with E-state index in [-0.39, 0.29) is 24.0 Å². The molecular formula is C26H36FN5O3S. The summed E-state index contributed by atoms with van der Waals surface area (Å²) in [7, 11) is -1.92. The molecule has 5 rings (SSSR count). The number of hydrogen-bond acceptors (Lipinski definition) is 6. The maximum absolute atomic E-state index is 13.6. The lowest BCUT2D eigenvalue weighted by Gasteiger charge is -2.40. The second kappa shape index (κ2) is 11.1. The van der Waals surface area contributed by atoms with Gasteiger partial charge >= 0.3 is 0 Å². The Labute approximate surface area is 213 Å². The third-order valence-electron chi connectivity index (χ3n) is 7.89. The van der Waals surface area contributed by atoms with Crippen LogP contribution in [0, 0.1) is 11.7 Å². The molecule has 1 aromatic carbocycles. The Balaban J connectivity index is 1.21. The van der Waals surface area contributed by atoms with Gasteiger partial charge in [0.05, 0.1) is 12.1 Å². The first-order valence-corrected chi connectivity index (χ1v) is 14.5. The van der Waals surface area contributed by atoms with Crippen LogP contribution in [0.3, 0.4) is 0 Å². The van der Waals surface area contributed by atoms with E-state index in [1.54, 1.807) is 25.4 Å². The Kier molecular flexibility index (Phi) is 7.85. The summed E-state index contributed by atoms with van der Waals surface area (Å²) < 4.78 is 50.4. The van der Waals surface area contributed by atoms with Gasteiger partial charge in [0.1, 0.15) is 5.82 Å². The van der Waals surface area contributed by atoms with Crippen molar-refractivity contribution in [3.05, 3.63) is 54.0 Å². The first-order valence-electron chi connectivity index (χ1n) is 13.0. The lowest BCUT2D eigenvalue weighted by Crippen LogP contribution is -2.57. The van der Waals surface area contributed by atoms with Crippen molar-refractivity contribution in [3.63, 3.8) is 0 Å². The summed E-state index contributed by atoms with van der Waals surface area (Å²) in [5.41, 5.74) is 1.08. The largest absolute Gasteiger partial charge is 0.374 e. The van der Waals surface area contributed by atoms with E-state index in [2.05, 4.69) is 19.8 Å². The van der Waals surface area contributed by atoms with Crippen LogP contribution in [0.5, 0.6) is 0 Å². The minimum Gasteiger partial charge on any atom is -0.374 e. The Morgan fingerprint density at radius 1 is 1.11 bits per heavy atom. The van der Waals surface area contributed by atoms with Gasteiger partial charge in [-0.3, -0.25) is 0 Å². The molecule has 2 heterocycles. The Morgan fingerprint density at radius 3 is 2.61 bits per heavy atom. The molecule has 2 aliphatic carbocycles. The van der Waals surface area contributed by atoms with Gasteiger partial charge in [0.25, 0.3) is 10.2 Å². The third-order valence-corrected chi connectivity index (χ3v) is 9.55. The van der Waals surface area contributed by atoms with Gasteiger partial charge in [0, 0.05) is 39.0 Å². The number of anilines is 1. The lowest BCUT2D eigenvalue weighted by atomic mass is 9.79. The number of benzene rings is 1.